The monoisotopic (exact) mass is 271 g/mol. The highest BCUT2D eigenvalue weighted by Gasteiger charge is 2.15. The van der Waals surface area contributed by atoms with E-state index in [0.29, 0.717) is 6.54 Å². The summed E-state index contributed by atoms with van der Waals surface area (Å²) in [6.45, 7) is 1.39. The van der Waals surface area contributed by atoms with Gasteiger partial charge in [-0.3, -0.25) is 0 Å². The van der Waals surface area contributed by atoms with Gasteiger partial charge in [0.25, 0.3) is 0 Å². The van der Waals surface area contributed by atoms with Crippen molar-refractivity contribution < 1.29 is 8.42 Å². The molecule has 3 N–H and O–H groups in total. The summed E-state index contributed by atoms with van der Waals surface area (Å²) in [6.07, 6.45) is 1.77. The quantitative estimate of drug-likeness (QED) is 0.570. The van der Waals surface area contributed by atoms with Crippen molar-refractivity contribution in [1.82, 2.24) is 9.62 Å². The van der Waals surface area contributed by atoms with Crippen molar-refractivity contribution in [3.63, 3.8) is 0 Å². The smallest absolute Gasteiger partial charge is 0.242 e. The lowest BCUT2D eigenvalue weighted by molar-refractivity contribution is 0.394. The Balaban J connectivity index is 2.49. The van der Waals surface area contributed by atoms with Gasteiger partial charge in [0.1, 0.15) is 4.90 Å². The number of hydrogen-bond acceptors (Lipinski definition) is 4. The van der Waals surface area contributed by atoms with Gasteiger partial charge in [0.05, 0.1) is 5.69 Å². The van der Waals surface area contributed by atoms with Crippen molar-refractivity contribution in [1.29, 1.82) is 0 Å². The minimum absolute atomic E-state index is 0.151. The maximum absolute atomic E-state index is 11.9. The molecule has 5 nitrogen and oxygen atoms in total. The number of rotatable bonds is 7. The Hall–Kier alpha value is -1.11. The van der Waals surface area contributed by atoms with E-state index in [4.69, 9.17) is 5.73 Å². The number of nitrogens with zero attached hydrogens (tertiary/aromatic N) is 1. The zero-order valence-electron chi connectivity index (χ0n) is 10.9. The fraction of sp³-hybridized carbons (Fsp3) is 0.500. The zero-order valence-corrected chi connectivity index (χ0v) is 11.7. The summed E-state index contributed by atoms with van der Waals surface area (Å²) in [5.41, 5.74) is 5.93. The number of benzene rings is 1. The summed E-state index contributed by atoms with van der Waals surface area (Å²) in [7, 11) is 0.509. The Morgan fingerprint density at radius 2 is 1.89 bits per heavy atom. The van der Waals surface area contributed by atoms with E-state index in [1.807, 2.05) is 14.1 Å². The Morgan fingerprint density at radius 1 is 1.22 bits per heavy atom. The molecule has 0 atom stereocenters. The van der Waals surface area contributed by atoms with Crippen LogP contribution >= 0.6 is 0 Å². The first-order valence-corrected chi connectivity index (χ1v) is 7.40. The molecule has 0 saturated carbocycles. The lowest BCUT2D eigenvalue weighted by Gasteiger charge is -2.10. The summed E-state index contributed by atoms with van der Waals surface area (Å²) >= 11 is 0. The van der Waals surface area contributed by atoms with Gasteiger partial charge in [-0.1, -0.05) is 12.1 Å². The average Bonchev–Trinajstić information content (AvgIpc) is 2.28. The van der Waals surface area contributed by atoms with Crippen LogP contribution in [0.4, 0.5) is 5.69 Å². The molecule has 0 spiro atoms. The van der Waals surface area contributed by atoms with Crippen molar-refractivity contribution in [2.75, 3.05) is 32.9 Å². The molecule has 0 amide bonds. The van der Waals surface area contributed by atoms with Crippen LogP contribution in [0.3, 0.4) is 0 Å². The van der Waals surface area contributed by atoms with Crippen LogP contribution in [0.25, 0.3) is 0 Å². The molecule has 102 valence electrons. The molecular formula is C12H21N3O2S. The van der Waals surface area contributed by atoms with Gasteiger partial charge in [0.2, 0.25) is 10.0 Å². The van der Waals surface area contributed by atoms with Gasteiger partial charge in [-0.25, -0.2) is 13.1 Å². The standard InChI is InChI=1S/C12H21N3O2S/c1-15(2)10-6-5-9-14-18(16,17)12-8-4-3-7-11(12)13/h3-4,7-8,14H,5-6,9-10,13H2,1-2H3. The average molecular weight is 271 g/mol. The highest BCUT2D eigenvalue weighted by atomic mass is 32.2. The van der Waals surface area contributed by atoms with Crippen LogP contribution in [0.2, 0.25) is 0 Å². The molecule has 6 heteroatoms. The molecule has 0 bridgehead atoms. The summed E-state index contributed by atoms with van der Waals surface area (Å²) in [5, 5.41) is 0. The van der Waals surface area contributed by atoms with E-state index < -0.39 is 10.0 Å². The van der Waals surface area contributed by atoms with Crippen LogP contribution in [0, 0.1) is 0 Å². The molecule has 1 aromatic carbocycles. The van der Waals surface area contributed by atoms with Gasteiger partial charge < -0.3 is 10.6 Å². The van der Waals surface area contributed by atoms with E-state index >= 15 is 0 Å². The second kappa shape index (κ2) is 6.72. The van der Waals surface area contributed by atoms with E-state index in [0.717, 1.165) is 19.4 Å². The highest BCUT2D eigenvalue weighted by Crippen LogP contribution is 2.16. The Morgan fingerprint density at radius 3 is 2.50 bits per heavy atom. The molecule has 0 heterocycles. The Bertz CT molecular complexity index is 472. The summed E-state index contributed by atoms with van der Waals surface area (Å²) < 4.78 is 26.5. The fourth-order valence-corrected chi connectivity index (χ4v) is 2.77. The highest BCUT2D eigenvalue weighted by molar-refractivity contribution is 7.89. The lowest BCUT2D eigenvalue weighted by atomic mass is 10.3. The molecule has 0 aliphatic rings. The molecule has 0 radical (unpaired) electrons. The predicted octanol–water partition coefficient (Wildman–Crippen LogP) is 0.889. The number of sulfonamides is 1. The van der Waals surface area contributed by atoms with Crippen LogP contribution in [-0.2, 0) is 10.0 Å². The van der Waals surface area contributed by atoms with Gasteiger partial charge in [0.15, 0.2) is 0 Å². The summed E-state index contributed by atoms with van der Waals surface area (Å²) in [5.74, 6) is 0. The first kappa shape index (κ1) is 14.9. The lowest BCUT2D eigenvalue weighted by Crippen LogP contribution is -2.26. The number of anilines is 1. The van der Waals surface area contributed by atoms with E-state index in [9.17, 15) is 8.42 Å². The number of unbranched alkanes of at least 4 members (excludes halogenated alkanes) is 1. The molecule has 1 aromatic rings. The minimum atomic E-state index is -3.48. The van der Waals surface area contributed by atoms with Gasteiger partial charge in [-0.2, -0.15) is 0 Å². The molecule has 18 heavy (non-hydrogen) atoms. The molecule has 0 aliphatic carbocycles. The third-order valence-corrected chi connectivity index (χ3v) is 4.07. The molecule has 0 aliphatic heterocycles. The summed E-state index contributed by atoms with van der Waals surface area (Å²) in [4.78, 5) is 2.22. The van der Waals surface area contributed by atoms with Crippen LogP contribution in [0.15, 0.2) is 29.2 Å². The molecule has 0 saturated heterocycles. The van der Waals surface area contributed by atoms with Gasteiger partial charge in [0, 0.05) is 6.54 Å². The minimum Gasteiger partial charge on any atom is -0.398 e. The number of nitrogens with two attached hydrogens (primary N) is 1. The second-order valence-electron chi connectivity index (χ2n) is 4.45. The second-order valence-corrected chi connectivity index (χ2v) is 6.18. The molecule has 0 fully saturated rings. The predicted molar refractivity (Wildman–Crippen MR) is 73.8 cm³/mol. The normalized spacial score (nSPS) is 11.9. The van der Waals surface area contributed by atoms with E-state index in [1.165, 1.54) is 6.07 Å². The first-order chi connectivity index (χ1) is 8.43. The van der Waals surface area contributed by atoms with Crippen LogP contribution in [-0.4, -0.2) is 40.5 Å². The topological polar surface area (TPSA) is 75.4 Å². The molecule has 0 aromatic heterocycles. The third kappa shape index (κ3) is 4.64. The van der Waals surface area contributed by atoms with Crippen LogP contribution in [0.1, 0.15) is 12.8 Å². The number of nitrogen functional groups attached to an aromatic ring is 1. The van der Waals surface area contributed by atoms with Crippen LogP contribution in [0.5, 0.6) is 0 Å². The van der Waals surface area contributed by atoms with E-state index in [1.54, 1.807) is 18.2 Å². The fourth-order valence-electron chi connectivity index (χ4n) is 1.56. The van der Waals surface area contributed by atoms with E-state index in [-0.39, 0.29) is 10.6 Å². The molecule has 1 rings (SSSR count). The first-order valence-electron chi connectivity index (χ1n) is 5.92. The van der Waals surface area contributed by atoms with Gasteiger partial charge in [-0.05, 0) is 45.6 Å². The molecular weight excluding hydrogens is 250 g/mol. The van der Waals surface area contributed by atoms with Gasteiger partial charge in [-0.15, -0.1) is 0 Å². The van der Waals surface area contributed by atoms with Crippen molar-refractivity contribution in [2.45, 2.75) is 17.7 Å². The van der Waals surface area contributed by atoms with Crippen molar-refractivity contribution in [3.8, 4) is 0 Å². The van der Waals surface area contributed by atoms with Gasteiger partial charge >= 0.3 is 0 Å². The van der Waals surface area contributed by atoms with Crippen LogP contribution < -0.4 is 10.5 Å². The van der Waals surface area contributed by atoms with Crippen molar-refractivity contribution in [3.05, 3.63) is 24.3 Å². The van der Waals surface area contributed by atoms with Crippen molar-refractivity contribution in [2.24, 2.45) is 0 Å². The zero-order chi connectivity index (χ0) is 13.6. The maximum atomic E-state index is 11.9. The third-order valence-electron chi connectivity index (χ3n) is 2.53. The number of hydrogen-bond donors (Lipinski definition) is 2. The SMILES string of the molecule is CN(C)CCCCNS(=O)(=O)c1ccccc1N. The maximum Gasteiger partial charge on any atom is 0.242 e. The Kier molecular flexibility index (Phi) is 5.58. The largest absolute Gasteiger partial charge is 0.398 e. The Labute approximate surface area is 109 Å². The molecule has 0 unspecified atom stereocenters. The summed E-state index contributed by atoms with van der Waals surface area (Å²) in [6, 6.07) is 6.47. The number of nitrogens with one attached hydrogen (secondary N) is 1. The van der Waals surface area contributed by atoms with Crippen molar-refractivity contribution >= 4 is 15.7 Å². The van der Waals surface area contributed by atoms with E-state index in [2.05, 4.69) is 9.62 Å². The number of para-hydroxylation sites is 1.